The summed E-state index contributed by atoms with van der Waals surface area (Å²) < 4.78 is 10.9. The zero-order valence-electron chi connectivity index (χ0n) is 11.3. The molecule has 0 aliphatic rings. The summed E-state index contributed by atoms with van der Waals surface area (Å²) in [5.74, 6) is 0.826. The highest BCUT2D eigenvalue weighted by Gasteiger charge is 2.05. The minimum absolute atomic E-state index is 0.273. The Kier molecular flexibility index (Phi) is 6.22. The Labute approximate surface area is 108 Å². The quantitative estimate of drug-likeness (QED) is 0.351. The number of ether oxygens (including phenoxy) is 2. The van der Waals surface area contributed by atoms with E-state index in [0.29, 0.717) is 0 Å². The molecule has 4 nitrogen and oxygen atoms in total. The standard InChI is InChI=1S/C14H21NO3/c1-4-17-7-5-13-9-12(3)14(10-11(13)2)18-8-6-15-16/h6,9-10,16H,4-5,7-8H2,1-3H3. The molecule has 0 unspecified atom stereocenters. The van der Waals surface area contributed by atoms with Crippen LogP contribution >= 0.6 is 0 Å². The van der Waals surface area contributed by atoms with Gasteiger partial charge in [-0.15, -0.1) is 0 Å². The van der Waals surface area contributed by atoms with E-state index in [9.17, 15) is 0 Å². The van der Waals surface area contributed by atoms with Gasteiger partial charge in [-0.05, 0) is 49.9 Å². The Morgan fingerprint density at radius 3 is 2.72 bits per heavy atom. The number of aryl methyl sites for hydroxylation is 2. The van der Waals surface area contributed by atoms with Crippen LogP contribution in [-0.2, 0) is 11.2 Å². The van der Waals surface area contributed by atoms with Crippen molar-refractivity contribution in [3.63, 3.8) is 0 Å². The van der Waals surface area contributed by atoms with Crippen molar-refractivity contribution < 1.29 is 14.7 Å². The van der Waals surface area contributed by atoms with Gasteiger partial charge in [-0.1, -0.05) is 11.2 Å². The molecule has 0 radical (unpaired) electrons. The second-order valence-electron chi connectivity index (χ2n) is 4.10. The first-order chi connectivity index (χ1) is 8.69. The predicted octanol–water partition coefficient (Wildman–Crippen LogP) is 2.72. The van der Waals surface area contributed by atoms with Crippen molar-refractivity contribution in [2.45, 2.75) is 27.2 Å². The first-order valence-electron chi connectivity index (χ1n) is 6.15. The molecule has 0 atom stereocenters. The molecule has 0 fully saturated rings. The molecule has 18 heavy (non-hydrogen) atoms. The fourth-order valence-corrected chi connectivity index (χ4v) is 1.76. The summed E-state index contributed by atoms with van der Waals surface area (Å²) in [6, 6.07) is 4.14. The van der Waals surface area contributed by atoms with Gasteiger partial charge >= 0.3 is 0 Å². The van der Waals surface area contributed by atoms with Gasteiger partial charge in [-0.2, -0.15) is 0 Å². The van der Waals surface area contributed by atoms with Gasteiger partial charge in [0.05, 0.1) is 12.8 Å². The maximum Gasteiger partial charge on any atom is 0.127 e. The zero-order valence-corrected chi connectivity index (χ0v) is 11.3. The largest absolute Gasteiger partial charge is 0.488 e. The lowest BCUT2D eigenvalue weighted by Crippen LogP contribution is -2.03. The van der Waals surface area contributed by atoms with Crippen LogP contribution in [0.4, 0.5) is 0 Å². The number of rotatable bonds is 7. The molecular weight excluding hydrogens is 230 g/mol. The van der Waals surface area contributed by atoms with E-state index in [1.54, 1.807) is 0 Å². The fraction of sp³-hybridized carbons (Fsp3) is 0.500. The van der Waals surface area contributed by atoms with Crippen molar-refractivity contribution in [2.24, 2.45) is 5.16 Å². The second-order valence-corrected chi connectivity index (χ2v) is 4.10. The highest BCUT2D eigenvalue weighted by Crippen LogP contribution is 2.23. The number of benzene rings is 1. The van der Waals surface area contributed by atoms with Crippen LogP contribution in [0.1, 0.15) is 23.6 Å². The molecule has 0 amide bonds. The topological polar surface area (TPSA) is 51.0 Å². The van der Waals surface area contributed by atoms with Crippen molar-refractivity contribution in [3.05, 3.63) is 28.8 Å². The molecule has 1 aromatic rings. The number of oxime groups is 1. The Balaban J connectivity index is 2.70. The molecular formula is C14H21NO3. The average Bonchev–Trinajstić information content (AvgIpc) is 2.35. The van der Waals surface area contributed by atoms with Crippen LogP contribution in [0, 0.1) is 13.8 Å². The molecule has 0 saturated heterocycles. The summed E-state index contributed by atoms with van der Waals surface area (Å²) in [4.78, 5) is 0. The highest BCUT2D eigenvalue weighted by atomic mass is 16.5. The van der Waals surface area contributed by atoms with Crippen molar-refractivity contribution in [1.29, 1.82) is 0 Å². The first kappa shape index (κ1) is 14.5. The van der Waals surface area contributed by atoms with E-state index in [2.05, 4.69) is 18.1 Å². The summed E-state index contributed by atoms with van der Waals surface area (Å²) in [6.07, 6.45) is 2.23. The number of nitrogens with zero attached hydrogens (tertiary/aromatic N) is 1. The Bertz CT molecular complexity index is 402. The average molecular weight is 251 g/mol. The molecule has 0 saturated carbocycles. The summed E-state index contributed by atoms with van der Waals surface area (Å²) in [5.41, 5.74) is 3.55. The van der Waals surface area contributed by atoms with Gasteiger partial charge in [0.15, 0.2) is 0 Å². The highest BCUT2D eigenvalue weighted by molar-refractivity contribution is 5.58. The van der Waals surface area contributed by atoms with E-state index in [4.69, 9.17) is 14.7 Å². The third-order valence-electron chi connectivity index (χ3n) is 2.75. The van der Waals surface area contributed by atoms with E-state index in [1.165, 1.54) is 17.3 Å². The molecule has 4 heteroatoms. The molecule has 1 aromatic carbocycles. The van der Waals surface area contributed by atoms with E-state index >= 15 is 0 Å². The third kappa shape index (κ3) is 4.37. The summed E-state index contributed by atoms with van der Waals surface area (Å²) >= 11 is 0. The molecule has 100 valence electrons. The SMILES string of the molecule is CCOCCc1cc(C)c(OCC=NO)cc1C. The van der Waals surface area contributed by atoms with Crippen LogP contribution in [0.15, 0.2) is 17.3 Å². The molecule has 1 rings (SSSR count). The van der Waals surface area contributed by atoms with Crippen molar-refractivity contribution in [2.75, 3.05) is 19.8 Å². The Morgan fingerprint density at radius 1 is 1.28 bits per heavy atom. The lowest BCUT2D eigenvalue weighted by Gasteiger charge is -2.12. The van der Waals surface area contributed by atoms with Gasteiger partial charge in [-0.3, -0.25) is 0 Å². The molecule has 0 aliphatic carbocycles. The van der Waals surface area contributed by atoms with E-state index < -0.39 is 0 Å². The Hall–Kier alpha value is -1.55. The molecule has 0 aliphatic heterocycles. The molecule has 1 N–H and O–H groups in total. The van der Waals surface area contributed by atoms with Crippen LogP contribution in [0.25, 0.3) is 0 Å². The van der Waals surface area contributed by atoms with Crippen molar-refractivity contribution in [1.82, 2.24) is 0 Å². The maximum absolute atomic E-state index is 8.31. The number of hydrogen-bond acceptors (Lipinski definition) is 4. The molecule has 0 spiro atoms. The summed E-state index contributed by atoms with van der Waals surface area (Å²) in [7, 11) is 0. The fourth-order valence-electron chi connectivity index (χ4n) is 1.76. The minimum Gasteiger partial charge on any atom is -0.488 e. The lowest BCUT2D eigenvalue weighted by molar-refractivity contribution is 0.151. The Morgan fingerprint density at radius 2 is 2.06 bits per heavy atom. The number of hydrogen-bond donors (Lipinski definition) is 1. The zero-order chi connectivity index (χ0) is 13.4. The smallest absolute Gasteiger partial charge is 0.127 e. The van der Waals surface area contributed by atoms with E-state index in [1.807, 2.05) is 19.9 Å². The normalized spacial score (nSPS) is 11.1. The van der Waals surface area contributed by atoms with Gasteiger partial charge < -0.3 is 14.7 Å². The summed E-state index contributed by atoms with van der Waals surface area (Å²) in [5, 5.41) is 11.2. The van der Waals surface area contributed by atoms with Gasteiger partial charge in [-0.25, -0.2) is 0 Å². The third-order valence-corrected chi connectivity index (χ3v) is 2.75. The molecule has 0 heterocycles. The lowest BCUT2D eigenvalue weighted by atomic mass is 10.0. The van der Waals surface area contributed by atoms with Gasteiger partial charge in [0, 0.05) is 6.61 Å². The van der Waals surface area contributed by atoms with Crippen LogP contribution in [0.3, 0.4) is 0 Å². The van der Waals surface area contributed by atoms with Gasteiger partial charge in [0.1, 0.15) is 12.4 Å². The van der Waals surface area contributed by atoms with Crippen LogP contribution in [-0.4, -0.2) is 31.2 Å². The van der Waals surface area contributed by atoms with Crippen molar-refractivity contribution in [3.8, 4) is 5.75 Å². The van der Waals surface area contributed by atoms with E-state index in [0.717, 1.165) is 30.9 Å². The van der Waals surface area contributed by atoms with Gasteiger partial charge in [0.2, 0.25) is 0 Å². The van der Waals surface area contributed by atoms with Crippen LogP contribution < -0.4 is 4.74 Å². The monoisotopic (exact) mass is 251 g/mol. The summed E-state index contributed by atoms with van der Waals surface area (Å²) in [6.45, 7) is 7.84. The minimum atomic E-state index is 0.273. The molecule has 0 bridgehead atoms. The van der Waals surface area contributed by atoms with Crippen LogP contribution in [0.5, 0.6) is 5.75 Å². The van der Waals surface area contributed by atoms with Crippen molar-refractivity contribution >= 4 is 6.21 Å². The van der Waals surface area contributed by atoms with E-state index in [-0.39, 0.29) is 6.61 Å². The second kappa shape index (κ2) is 7.71. The van der Waals surface area contributed by atoms with Gasteiger partial charge in [0.25, 0.3) is 0 Å². The maximum atomic E-state index is 8.31. The van der Waals surface area contributed by atoms with Crippen LogP contribution in [0.2, 0.25) is 0 Å². The predicted molar refractivity (Wildman–Crippen MR) is 71.9 cm³/mol. The first-order valence-corrected chi connectivity index (χ1v) is 6.15. The molecule has 0 aromatic heterocycles.